The van der Waals surface area contributed by atoms with E-state index in [1.54, 1.807) is 11.3 Å². The maximum Gasteiger partial charge on any atom is 0.225 e. The van der Waals surface area contributed by atoms with Crippen LogP contribution in [0, 0.1) is 12.8 Å². The number of piperidine rings is 2. The number of nitrogens with zero attached hydrogens (tertiary/aromatic N) is 3. The largest absolute Gasteiger partial charge is 0.391 e. The number of hydrogen-bond acceptors (Lipinski definition) is 5. The van der Waals surface area contributed by atoms with Gasteiger partial charge in [0.05, 0.1) is 11.8 Å². The van der Waals surface area contributed by atoms with Crippen molar-refractivity contribution in [1.82, 2.24) is 9.88 Å². The number of aliphatic hydroxyl groups is 1. The SMILES string of the molecule is Cc1csc(N2CCC(C(=O)N3CCCC(O)C3)CC2)n1. The molecule has 3 heterocycles. The van der Waals surface area contributed by atoms with E-state index >= 15 is 0 Å². The number of amides is 1. The van der Waals surface area contributed by atoms with Crippen LogP contribution in [0.4, 0.5) is 5.13 Å². The predicted octanol–water partition coefficient (Wildman–Crippen LogP) is 1.65. The van der Waals surface area contributed by atoms with Crippen molar-refractivity contribution in [3.05, 3.63) is 11.1 Å². The summed E-state index contributed by atoms with van der Waals surface area (Å²) in [6.07, 6.45) is 3.20. The zero-order valence-corrected chi connectivity index (χ0v) is 13.3. The van der Waals surface area contributed by atoms with Crippen molar-refractivity contribution in [2.24, 2.45) is 5.92 Å². The number of carbonyl (C=O) groups is 1. The van der Waals surface area contributed by atoms with E-state index in [1.165, 1.54) is 0 Å². The fraction of sp³-hybridized carbons (Fsp3) is 0.733. The van der Waals surface area contributed by atoms with Gasteiger partial charge in [-0.05, 0) is 32.6 Å². The molecule has 0 spiro atoms. The average molecular weight is 309 g/mol. The summed E-state index contributed by atoms with van der Waals surface area (Å²) in [7, 11) is 0. The van der Waals surface area contributed by atoms with E-state index in [1.807, 2.05) is 11.8 Å². The van der Waals surface area contributed by atoms with Crippen LogP contribution in [0.15, 0.2) is 5.38 Å². The summed E-state index contributed by atoms with van der Waals surface area (Å²) < 4.78 is 0. The van der Waals surface area contributed by atoms with Gasteiger partial charge >= 0.3 is 0 Å². The average Bonchev–Trinajstić information content (AvgIpc) is 2.93. The third kappa shape index (κ3) is 3.37. The quantitative estimate of drug-likeness (QED) is 0.902. The molecule has 0 bridgehead atoms. The van der Waals surface area contributed by atoms with Gasteiger partial charge in [-0.3, -0.25) is 4.79 Å². The van der Waals surface area contributed by atoms with E-state index in [0.717, 1.165) is 56.1 Å². The summed E-state index contributed by atoms with van der Waals surface area (Å²) in [6.45, 7) is 5.14. The molecule has 5 nitrogen and oxygen atoms in total. The Labute approximate surface area is 129 Å². The Bertz CT molecular complexity index is 497. The first-order chi connectivity index (χ1) is 10.1. The summed E-state index contributed by atoms with van der Waals surface area (Å²) in [5, 5.41) is 12.9. The van der Waals surface area contributed by atoms with Crippen LogP contribution >= 0.6 is 11.3 Å². The molecule has 116 valence electrons. The van der Waals surface area contributed by atoms with Gasteiger partial charge in [0.15, 0.2) is 5.13 Å². The van der Waals surface area contributed by atoms with Gasteiger partial charge in [-0.2, -0.15) is 0 Å². The van der Waals surface area contributed by atoms with Crippen LogP contribution < -0.4 is 4.90 Å². The summed E-state index contributed by atoms with van der Waals surface area (Å²) in [5.74, 6) is 0.358. The minimum Gasteiger partial charge on any atom is -0.391 e. The lowest BCUT2D eigenvalue weighted by atomic mass is 9.94. The standard InChI is InChI=1S/C15H23N3O2S/c1-11-10-21-15(16-11)17-7-4-12(5-8-17)14(20)18-6-2-3-13(19)9-18/h10,12-13,19H,2-9H2,1H3. The van der Waals surface area contributed by atoms with E-state index in [9.17, 15) is 9.90 Å². The van der Waals surface area contributed by atoms with Crippen molar-refractivity contribution in [3.63, 3.8) is 0 Å². The van der Waals surface area contributed by atoms with Gasteiger partial charge in [-0.25, -0.2) is 4.98 Å². The Morgan fingerprint density at radius 2 is 2.10 bits per heavy atom. The van der Waals surface area contributed by atoms with Crippen molar-refractivity contribution in [2.45, 2.75) is 38.7 Å². The van der Waals surface area contributed by atoms with Gasteiger partial charge in [-0.1, -0.05) is 0 Å². The molecule has 21 heavy (non-hydrogen) atoms. The fourth-order valence-electron chi connectivity index (χ4n) is 3.22. The molecule has 1 unspecified atom stereocenters. The van der Waals surface area contributed by atoms with E-state index in [2.05, 4.69) is 15.3 Å². The number of carbonyl (C=O) groups excluding carboxylic acids is 1. The summed E-state index contributed by atoms with van der Waals surface area (Å²) in [6, 6.07) is 0. The maximum atomic E-state index is 12.5. The third-order valence-electron chi connectivity index (χ3n) is 4.43. The van der Waals surface area contributed by atoms with Gasteiger partial charge in [0.2, 0.25) is 5.91 Å². The second-order valence-corrected chi connectivity index (χ2v) is 6.95. The van der Waals surface area contributed by atoms with Gasteiger partial charge in [0.25, 0.3) is 0 Å². The van der Waals surface area contributed by atoms with Crippen LogP contribution in [0.3, 0.4) is 0 Å². The molecule has 3 rings (SSSR count). The number of anilines is 1. The van der Waals surface area contributed by atoms with Crippen molar-refractivity contribution in [1.29, 1.82) is 0 Å². The number of aromatic nitrogens is 1. The van der Waals surface area contributed by atoms with Crippen molar-refractivity contribution >= 4 is 22.4 Å². The van der Waals surface area contributed by atoms with E-state index in [4.69, 9.17) is 0 Å². The zero-order chi connectivity index (χ0) is 14.8. The first-order valence-corrected chi connectivity index (χ1v) is 8.65. The lowest BCUT2D eigenvalue weighted by Gasteiger charge is -2.36. The third-order valence-corrected chi connectivity index (χ3v) is 5.45. The van der Waals surface area contributed by atoms with E-state index < -0.39 is 0 Å². The van der Waals surface area contributed by atoms with Crippen molar-refractivity contribution in [2.75, 3.05) is 31.1 Å². The smallest absolute Gasteiger partial charge is 0.225 e. The molecular weight excluding hydrogens is 286 g/mol. The van der Waals surface area contributed by atoms with Crippen molar-refractivity contribution in [3.8, 4) is 0 Å². The summed E-state index contributed by atoms with van der Waals surface area (Å²) >= 11 is 1.68. The van der Waals surface area contributed by atoms with Gasteiger partial charge in [0.1, 0.15) is 0 Å². The van der Waals surface area contributed by atoms with E-state index in [-0.39, 0.29) is 17.9 Å². The lowest BCUT2D eigenvalue weighted by molar-refractivity contribution is -0.139. The highest BCUT2D eigenvalue weighted by Crippen LogP contribution is 2.27. The molecule has 1 aromatic rings. The van der Waals surface area contributed by atoms with Crippen LogP contribution in [-0.2, 0) is 4.79 Å². The fourth-order valence-corrected chi connectivity index (χ4v) is 4.07. The predicted molar refractivity (Wildman–Crippen MR) is 83.6 cm³/mol. The topological polar surface area (TPSA) is 56.7 Å². The maximum absolute atomic E-state index is 12.5. The first kappa shape index (κ1) is 14.8. The number of aliphatic hydroxyl groups excluding tert-OH is 1. The summed E-state index contributed by atoms with van der Waals surface area (Å²) in [5.41, 5.74) is 1.07. The Morgan fingerprint density at radius 3 is 2.71 bits per heavy atom. The van der Waals surface area contributed by atoms with Crippen LogP contribution in [0.2, 0.25) is 0 Å². The lowest BCUT2D eigenvalue weighted by Crippen LogP contribution is -2.47. The molecule has 1 atom stereocenters. The molecule has 1 amide bonds. The Kier molecular flexibility index (Phi) is 4.45. The highest BCUT2D eigenvalue weighted by molar-refractivity contribution is 7.13. The second-order valence-electron chi connectivity index (χ2n) is 6.11. The molecule has 2 aliphatic heterocycles. The Morgan fingerprint density at radius 1 is 1.33 bits per heavy atom. The molecule has 0 aromatic carbocycles. The molecule has 2 aliphatic rings. The minimum absolute atomic E-state index is 0.118. The number of aryl methyl sites for hydroxylation is 1. The Hall–Kier alpha value is -1.14. The monoisotopic (exact) mass is 309 g/mol. The molecular formula is C15H23N3O2S. The molecule has 2 fully saturated rings. The number of thiazole rings is 1. The van der Waals surface area contributed by atoms with Crippen LogP contribution in [0.25, 0.3) is 0 Å². The van der Waals surface area contributed by atoms with E-state index in [0.29, 0.717) is 6.54 Å². The van der Waals surface area contributed by atoms with Gasteiger partial charge in [0, 0.05) is 37.5 Å². The molecule has 0 saturated carbocycles. The Balaban J connectivity index is 1.54. The normalized spacial score (nSPS) is 24.4. The van der Waals surface area contributed by atoms with Crippen LogP contribution in [0.5, 0.6) is 0 Å². The molecule has 6 heteroatoms. The molecule has 2 saturated heterocycles. The number of hydrogen-bond donors (Lipinski definition) is 1. The van der Waals surface area contributed by atoms with Crippen LogP contribution in [-0.4, -0.2) is 53.2 Å². The summed E-state index contributed by atoms with van der Waals surface area (Å²) in [4.78, 5) is 21.2. The number of β-amino-alcohol motifs (C(OH)–C–C–N with tert-alkyl or cyclic N) is 1. The first-order valence-electron chi connectivity index (χ1n) is 7.77. The minimum atomic E-state index is -0.332. The molecule has 1 N–H and O–H groups in total. The van der Waals surface area contributed by atoms with Crippen molar-refractivity contribution < 1.29 is 9.90 Å². The second kappa shape index (κ2) is 6.32. The van der Waals surface area contributed by atoms with Crippen LogP contribution in [0.1, 0.15) is 31.4 Å². The molecule has 0 aliphatic carbocycles. The highest BCUT2D eigenvalue weighted by atomic mass is 32.1. The zero-order valence-electron chi connectivity index (χ0n) is 12.5. The number of rotatable bonds is 2. The van der Waals surface area contributed by atoms with Gasteiger partial charge < -0.3 is 14.9 Å². The molecule has 0 radical (unpaired) electrons. The highest BCUT2D eigenvalue weighted by Gasteiger charge is 2.31. The number of likely N-dealkylation sites (tertiary alicyclic amines) is 1. The molecule has 1 aromatic heterocycles. The van der Waals surface area contributed by atoms with Gasteiger partial charge in [-0.15, -0.1) is 11.3 Å².